The molecule has 0 heterocycles. The lowest BCUT2D eigenvalue weighted by Gasteiger charge is -1.69. The van der Waals surface area contributed by atoms with Crippen LogP contribution in [-0.2, 0) is 0 Å². The van der Waals surface area contributed by atoms with Crippen molar-refractivity contribution >= 4 is 7.55 Å². The van der Waals surface area contributed by atoms with Gasteiger partial charge in [-0.15, -0.1) is 0 Å². The van der Waals surface area contributed by atoms with Crippen LogP contribution < -0.4 is 5.73 Å². The molecular weight excluding hydrogens is 237 g/mol. The van der Waals surface area contributed by atoms with Gasteiger partial charge in [-0.3, -0.25) is 0 Å². The molecule has 0 bridgehead atoms. The molecule has 0 saturated carbocycles. The zero-order valence-electron chi connectivity index (χ0n) is 11.4. The first-order valence-electron chi connectivity index (χ1n) is 5.39. The van der Waals surface area contributed by atoms with E-state index < -0.39 is 0 Å². The molecule has 19 heavy (non-hydrogen) atoms. The Morgan fingerprint density at radius 1 is 0.684 bits per heavy atom. The molecule has 1 aromatic carbocycles. The zero-order chi connectivity index (χ0) is 13.8. The van der Waals surface area contributed by atoms with Crippen molar-refractivity contribution in [1.82, 2.24) is 0 Å². The van der Waals surface area contributed by atoms with Gasteiger partial charge in [-0.25, -0.2) is 20.3 Å². The fourth-order valence-electron chi connectivity index (χ4n) is 0.511. The Morgan fingerprint density at radius 2 is 0.895 bits per heavy atom. The topological polar surface area (TPSA) is 75.5 Å². The van der Waals surface area contributed by atoms with Crippen LogP contribution in [0, 0.1) is 0 Å². The highest BCUT2D eigenvalue weighted by molar-refractivity contribution is 6.29. The molecule has 1 aromatic rings. The predicted molar refractivity (Wildman–Crippen MR) is 88.7 cm³/mol. The molecule has 2 N–H and O–H groups in total. The highest BCUT2D eigenvalue weighted by atomic mass is 15.1. The molecule has 1 radical (unpaired) electrons. The summed E-state index contributed by atoms with van der Waals surface area (Å²) in [6.07, 6.45) is 0. The van der Waals surface area contributed by atoms with Crippen LogP contribution in [0.1, 0.15) is 28.7 Å². The summed E-state index contributed by atoms with van der Waals surface area (Å²) in [7, 11) is 5.92. The summed E-state index contributed by atoms with van der Waals surface area (Å²) in [6.45, 7) is 4.00. The third kappa shape index (κ3) is 48.1. The average molecular weight is 268 g/mol. The van der Waals surface area contributed by atoms with Crippen molar-refractivity contribution in [2.45, 2.75) is 28.7 Å². The minimum absolute atomic E-state index is 0. The fourth-order valence-corrected chi connectivity index (χ4v) is 0.511. The third-order valence-electron chi connectivity index (χ3n) is 1.00. The third-order valence-corrected chi connectivity index (χ3v) is 1.00. The van der Waals surface area contributed by atoms with Crippen molar-refractivity contribution in [3.63, 3.8) is 0 Å². The summed E-state index contributed by atoms with van der Waals surface area (Å²) < 4.78 is 0. The lowest BCUT2D eigenvalue weighted by Crippen LogP contribution is -1.72. The van der Waals surface area contributed by atoms with Crippen molar-refractivity contribution < 1.29 is 0 Å². The monoisotopic (exact) mass is 268 g/mol. The lowest BCUT2D eigenvalue weighted by molar-refractivity contribution is 1.18. The van der Waals surface area contributed by atoms with Crippen molar-refractivity contribution in [3.05, 3.63) is 36.4 Å². The first-order valence-corrected chi connectivity index (χ1v) is 5.39. The summed E-state index contributed by atoms with van der Waals surface area (Å²) >= 11 is 0. The van der Waals surface area contributed by atoms with E-state index in [4.69, 9.17) is 0 Å². The van der Waals surface area contributed by atoms with Gasteiger partial charge in [0.25, 0.3) is 0 Å². The standard InChI is InChI=1S/C6H6.C2H6BN4.C2H6.CH5N.2CH4/c1-2-4-6-5-3-1;1-4-6-3-7-5-2;2*1-2;;/h1-6H;1-2H3;1-2H3;2H2,1H3;2*1H4. The zero-order valence-corrected chi connectivity index (χ0v) is 11.4. The van der Waals surface area contributed by atoms with Crippen LogP contribution in [0.25, 0.3) is 0 Å². The van der Waals surface area contributed by atoms with Gasteiger partial charge in [0.2, 0.25) is 0 Å². The van der Waals surface area contributed by atoms with Gasteiger partial charge >= 0.3 is 7.55 Å². The smallest absolute Gasteiger partial charge is 0.333 e. The second-order valence-corrected chi connectivity index (χ2v) is 1.90. The molecule has 0 unspecified atom stereocenters. The van der Waals surface area contributed by atoms with E-state index in [0.29, 0.717) is 0 Å². The molecule has 0 aliphatic heterocycles. The number of nitrogens with two attached hydrogens (primary N) is 1. The first kappa shape index (κ1) is 30.5. The maximum atomic E-state index is 4.50. The molecule has 0 atom stereocenters. The molecule has 111 valence electrons. The summed E-state index contributed by atoms with van der Waals surface area (Å²) in [5, 5.41) is 13.6. The van der Waals surface area contributed by atoms with Gasteiger partial charge in [-0.2, -0.15) is 0 Å². The van der Waals surface area contributed by atoms with E-state index in [1.54, 1.807) is 14.1 Å². The second kappa shape index (κ2) is 44.0. The van der Waals surface area contributed by atoms with Crippen LogP contribution in [0.4, 0.5) is 0 Å². The summed E-state index contributed by atoms with van der Waals surface area (Å²) in [6, 6.07) is 12.0. The van der Waals surface area contributed by atoms with E-state index in [1.807, 2.05) is 50.2 Å². The maximum absolute atomic E-state index is 4.50. The molecule has 0 saturated heterocycles. The number of nitrogens with zero attached hydrogens (tertiary/aromatic N) is 4. The Hall–Kier alpha value is -1.56. The second-order valence-electron chi connectivity index (χ2n) is 1.90. The Kier molecular flexibility index (Phi) is 70.5. The molecule has 0 aliphatic carbocycles. The molecule has 1 rings (SSSR count). The minimum Gasteiger partial charge on any atom is -0.333 e. The van der Waals surface area contributed by atoms with E-state index >= 15 is 0 Å². The SMILES string of the molecule is C.C.CC.CN.CN=N[B]N=NC.c1ccccc1. The summed E-state index contributed by atoms with van der Waals surface area (Å²) in [4.78, 5) is 0. The predicted octanol–water partition coefficient (Wildman–Crippen LogP) is 4.24. The number of hydrogen-bond acceptors (Lipinski definition) is 5. The molecule has 0 aliphatic rings. The van der Waals surface area contributed by atoms with E-state index in [9.17, 15) is 0 Å². The van der Waals surface area contributed by atoms with Crippen molar-refractivity contribution in [1.29, 1.82) is 0 Å². The van der Waals surface area contributed by atoms with Gasteiger partial charge in [0, 0.05) is 14.1 Å². The van der Waals surface area contributed by atoms with Crippen molar-refractivity contribution in [3.8, 4) is 0 Å². The Morgan fingerprint density at radius 3 is 1.05 bits per heavy atom. The van der Waals surface area contributed by atoms with Crippen LogP contribution in [0.3, 0.4) is 0 Å². The van der Waals surface area contributed by atoms with Crippen molar-refractivity contribution in [2.75, 3.05) is 21.1 Å². The Balaban J connectivity index is -0.0000000504. The minimum atomic E-state index is 0. The fraction of sp³-hybridized carbons (Fsp3) is 0.538. The molecule has 0 amide bonds. The van der Waals surface area contributed by atoms with Crippen molar-refractivity contribution in [2.24, 2.45) is 26.0 Å². The number of rotatable bonds is 2. The molecule has 0 spiro atoms. The van der Waals surface area contributed by atoms with Crippen LogP contribution in [-0.4, -0.2) is 28.7 Å². The Labute approximate surface area is 120 Å². The van der Waals surface area contributed by atoms with Crippen LogP contribution in [0.2, 0.25) is 0 Å². The first-order chi connectivity index (χ1) is 8.41. The summed E-state index contributed by atoms with van der Waals surface area (Å²) in [5.74, 6) is 0. The molecule has 6 heteroatoms. The molecule has 5 nitrogen and oxygen atoms in total. The molecule has 0 fully saturated rings. The quantitative estimate of drug-likeness (QED) is 0.632. The van der Waals surface area contributed by atoms with Gasteiger partial charge in [0.1, 0.15) is 0 Å². The van der Waals surface area contributed by atoms with Gasteiger partial charge in [0.05, 0.1) is 0 Å². The number of hydrogen-bond donors (Lipinski definition) is 1. The van der Waals surface area contributed by atoms with Crippen LogP contribution in [0.5, 0.6) is 0 Å². The van der Waals surface area contributed by atoms with E-state index in [2.05, 4.69) is 26.0 Å². The largest absolute Gasteiger partial charge is 0.484 e. The van der Waals surface area contributed by atoms with Gasteiger partial charge < -0.3 is 5.73 Å². The highest BCUT2D eigenvalue weighted by Crippen LogP contribution is 1.79. The van der Waals surface area contributed by atoms with Gasteiger partial charge in [0.15, 0.2) is 0 Å². The van der Waals surface area contributed by atoms with Crippen LogP contribution >= 0.6 is 0 Å². The lowest BCUT2D eigenvalue weighted by atomic mass is 10.3. The highest BCUT2D eigenvalue weighted by Gasteiger charge is 1.74. The Bertz CT molecular complexity index is 203. The average Bonchev–Trinajstić information content (AvgIpc) is 2.46. The molecule has 0 aromatic heterocycles. The summed E-state index contributed by atoms with van der Waals surface area (Å²) in [5.41, 5.74) is 4.50. The van der Waals surface area contributed by atoms with Gasteiger partial charge in [-0.05, 0) is 7.05 Å². The van der Waals surface area contributed by atoms with E-state index in [0.717, 1.165) is 0 Å². The molecular formula is C13H31BN5. The van der Waals surface area contributed by atoms with Gasteiger partial charge in [-0.1, -0.05) is 65.1 Å². The van der Waals surface area contributed by atoms with E-state index in [1.165, 1.54) is 14.6 Å². The normalized spacial score (nSPS) is 7.26. The number of benzene rings is 1. The van der Waals surface area contributed by atoms with E-state index in [-0.39, 0.29) is 14.9 Å². The maximum Gasteiger partial charge on any atom is 0.484 e. The van der Waals surface area contributed by atoms with Crippen LogP contribution in [0.15, 0.2) is 56.7 Å².